The molecule has 2 aromatic rings. The topological polar surface area (TPSA) is 68.8 Å². The van der Waals surface area contributed by atoms with Gasteiger partial charge in [-0.3, -0.25) is 4.79 Å². The van der Waals surface area contributed by atoms with E-state index in [0.717, 1.165) is 29.9 Å². The van der Waals surface area contributed by atoms with Gasteiger partial charge in [0.05, 0.1) is 5.41 Å². The predicted molar refractivity (Wildman–Crippen MR) is 122 cm³/mol. The molecule has 2 aliphatic heterocycles. The van der Waals surface area contributed by atoms with Crippen molar-refractivity contribution in [3.8, 4) is 0 Å². The van der Waals surface area contributed by atoms with Gasteiger partial charge in [-0.1, -0.05) is 18.2 Å². The second-order valence-corrected chi connectivity index (χ2v) is 8.97. The van der Waals surface area contributed by atoms with E-state index in [1.54, 1.807) is 11.1 Å². The fraction of sp³-hybridized carbons (Fsp3) is 0.458. The number of aromatic nitrogens is 1. The van der Waals surface area contributed by atoms with Gasteiger partial charge in [-0.15, -0.1) is 0 Å². The zero-order chi connectivity index (χ0) is 22.0. The van der Waals surface area contributed by atoms with Crippen LogP contribution in [-0.4, -0.2) is 67.0 Å². The summed E-state index contributed by atoms with van der Waals surface area (Å²) in [4.78, 5) is 36.8. The summed E-state index contributed by atoms with van der Waals surface area (Å²) < 4.78 is 0. The van der Waals surface area contributed by atoms with E-state index < -0.39 is 5.41 Å². The van der Waals surface area contributed by atoms with Crippen LogP contribution in [-0.2, 0) is 4.79 Å². The van der Waals surface area contributed by atoms with Gasteiger partial charge in [0.2, 0.25) is 5.91 Å². The molecule has 3 amide bonds. The summed E-state index contributed by atoms with van der Waals surface area (Å²) >= 11 is 0. The van der Waals surface area contributed by atoms with E-state index in [0.29, 0.717) is 26.2 Å². The van der Waals surface area contributed by atoms with E-state index in [2.05, 4.69) is 15.2 Å². The molecule has 2 atom stereocenters. The maximum Gasteiger partial charge on any atom is 0.321 e. The van der Waals surface area contributed by atoms with Gasteiger partial charge < -0.3 is 20.0 Å². The van der Waals surface area contributed by atoms with Crippen molar-refractivity contribution in [1.29, 1.82) is 0 Å². The Labute approximate surface area is 184 Å². The Morgan fingerprint density at radius 2 is 2.00 bits per heavy atom. The molecular weight excluding hydrogens is 390 g/mol. The van der Waals surface area contributed by atoms with E-state index in [1.165, 1.54) is 0 Å². The number of likely N-dealkylation sites (tertiary alicyclic amines) is 1. The lowest BCUT2D eigenvalue weighted by Crippen LogP contribution is -2.48. The third-order valence-corrected chi connectivity index (χ3v) is 6.55. The summed E-state index contributed by atoms with van der Waals surface area (Å²) in [6.45, 7) is 4.57. The van der Waals surface area contributed by atoms with Crippen molar-refractivity contribution >= 4 is 23.4 Å². The molecule has 0 bridgehead atoms. The summed E-state index contributed by atoms with van der Waals surface area (Å²) in [5.74, 6) is 1.09. The smallest absolute Gasteiger partial charge is 0.321 e. The van der Waals surface area contributed by atoms with E-state index in [4.69, 9.17) is 0 Å². The van der Waals surface area contributed by atoms with Crippen molar-refractivity contribution in [1.82, 2.24) is 14.8 Å². The van der Waals surface area contributed by atoms with Crippen LogP contribution in [0.2, 0.25) is 0 Å². The van der Waals surface area contributed by atoms with Crippen molar-refractivity contribution in [2.24, 2.45) is 11.3 Å². The standard InChI is InChI=1S/C24H31N5O2/c1-18-8-6-9-20(14-18)26-23(31)28-13-7-11-24(22(30)27(2)3)17-29(16-19(24)15-28)21-10-4-5-12-25-21/h4-6,8-10,12,14,19H,7,11,13,15-17H2,1-3H3,(H,26,31)/t19-,24-/m1/s1. The molecule has 1 N–H and O–H groups in total. The Bertz CT molecular complexity index is 948. The Morgan fingerprint density at radius 3 is 2.71 bits per heavy atom. The lowest BCUT2D eigenvalue weighted by atomic mass is 9.74. The van der Waals surface area contributed by atoms with Crippen molar-refractivity contribution in [2.75, 3.05) is 50.5 Å². The van der Waals surface area contributed by atoms with Gasteiger partial charge in [0, 0.05) is 58.1 Å². The van der Waals surface area contributed by atoms with Crippen molar-refractivity contribution in [3.63, 3.8) is 0 Å². The van der Waals surface area contributed by atoms with Crippen LogP contribution in [0, 0.1) is 18.3 Å². The SMILES string of the molecule is Cc1cccc(NC(=O)N2CCC[C@@]3(C(=O)N(C)C)CN(c4ccccn4)C[C@H]3C2)c1. The fourth-order valence-electron chi connectivity index (χ4n) is 5.05. The van der Waals surface area contributed by atoms with Gasteiger partial charge in [-0.05, 0) is 49.6 Å². The van der Waals surface area contributed by atoms with Gasteiger partial charge in [0.25, 0.3) is 0 Å². The van der Waals surface area contributed by atoms with Gasteiger partial charge in [-0.2, -0.15) is 0 Å². The molecule has 2 fully saturated rings. The second-order valence-electron chi connectivity index (χ2n) is 8.97. The van der Waals surface area contributed by atoms with E-state index >= 15 is 0 Å². The molecular formula is C24H31N5O2. The molecule has 3 heterocycles. The van der Waals surface area contributed by atoms with Crippen molar-refractivity contribution < 1.29 is 9.59 Å². The first-order valence-corrected chi connectivity index (χ1v) is 10.9. The summed E-state index contributed by atoms with van der Waals surface area (Å²) in [5, 5.41) is 3.03. The first-order valence-electron chi connectivity index (χ1n) is 10.9. The number of benzene rings is 1. The Morgan fingerprint density at radius 1 is 1.16 bits per heavy atom. The van der Waals surface area contributed by atoms with E-state index in [1.807, 2.05) is 68.4 Å². The molecule has 31 heavy (non-hydrogen) atoms. The van der Waals surface area contributed by atoms with Crippen LogP contribution in [0.25, 0.3) is 0 Å². The number of nitrogens with one attached hydrogen (secondary N) is 1. The largest absolute Gasteiger partial charge is 0.355 e. The first kappa shape index (κ1) is 21.2. The normalized spacial score (nSPS) is 23.1. The molecule has 4 rings (SSSR count). The molecule has 164 valence electrons. The number of fused-ring (bicyclic) bond motifs is 1. The molecule has 1 aromatic carbocycles. The number of rotatable bonds is 3. The quantitative estimate of drug-likeness (QED) is 0.826. The zero-order valence-corrected chi connectivity index (χ0v) is 18.5. The minimum atomic E-state index is -0.501. The molecule has 2 aliphatic rings. The third kappa shape index (κ3) is 4.22. The van der Waals surface area contributed by atoms with Crippen molar-refractivity contribution in [2.45, 2.75) is 19.8 Å². The number of hydrogen-bond acceptors (Lipinski definition) is 4. The maximum absolute atomic E-state index is 13.4. The van der Waals surface area contributed by atoms with Crippen LogP contribution in [0.4, 0.5) is 16.3 Å². The van der Waals surface area contributed by atoms with Crippen LogP contribution >= 0.6 is 0 Å². The maximum atomic E-state index is 13.4. The number of carbonyl (C=O) groups excluding carboxylic acids is 2. The fourth-order valence-corrected chi connectivity index (χ4v) is 5.05. The summed E-state index contributed by atoms with van der Waals surface area (Å²) in [6, 6.07) is 13.6. The number of urea groups is 1. The monoisotopic (exact) mass is 421 g/mol. The summed E-state index contributed by atoms with van der Waals surface area (Å²) in [6.07, 6.45) is 3.35. The van der Waals surface area contributed by atoms with Gasteiger partial charge in [0.1, 0.15) is 5.82 Å². The number of hydrogen-bond donors (Lipinski definition) is 1. The van der Waals surface area contributed by atoms with Crippen LogP contribution in [0.5, 0.6) is 0 Å². The zero-order valence-electron chi connectivity index (χ0n) is 18.5. The van der Waals surface area contributed by atoms with Crippen molar-refractivity contribution in [3.05, 3.63) is 54.2 Å². The molecule has 0 radical (unpaired) electrons. The molecule has 1 aromatic heterocycles. The van der Waals surface area contributed by atoms with E-state index in [-0.39, 0.29) is 17.9 Å². The Kier molecular flexibility index (Phi) is 5.85. The highest BCUT2D eigenvalue weighted by Gasteiger charge is 2.54. The predicted octanol–water partition coefficient (Wildman–Crippen LogP) is 3.23. The number of aryl methyl sites for hydroxylation is 1. The average molecular weight is 422 g/mol. The first-order chi connectivity index (χ1) is 14.9. The highest BCUT2D eigenvalue weighted by molar-refractivity contribution is 5.90. The van der Waals surface area contributed by atoms with Gasteiger partial charge in [-0.25, -0.2) is 9.78 Å². The molecule has 0 saturated carbocycles. The molecule has 0 spiro atoms. The van der Waals surface area contributed by atoms with Crippen LogP contribution in [0.15, 0.2) is 48.7 Å². The summed E-state index contributed by atoms with van der Waals surface area (Å²) in [5.41, 5.74) is 1.40. The highest BCUT2D eigenvalue weighted by atomic mass is 16.2. The lowest BCUT2D eigenvalue weighted by Gasteiger charge is -2.34. The second kappa shape index (κ2) is 8.57. The minimum absolute atomic E-state index is 0.0511. The number of anilines is 2. The van der Waals surface area contributed by atoms with E-state index in [9.17, 15) is 9.59 Å². The number of amides is 3. The summed E-state index contributed by atoms with van der Waals surface area (Å²) in [7, 11) is 3.65. The molecule has 7 nitrogen and oxygen atoms in total. The van der Waals surface area contributed by atoms with Gasteiger partial charge in [0.15, 0.2) is 0 Å². The van der Waals surface area contributed by atoms with Crippen LogP contribution in [0.1, 0.15) is 18.4 Å². The molecule has 2 saturated heterocycles. The Hall–Kier alpha value is -3.09. The minimum Gasteiger partial charge on any atom is -0.355 e. The molecule has 0 aliphatic carbocycles. The number of carbonyl (C=O) groups is 2. The Balaban J connectivity index is 1.57. The number of nitrogens with zero attached hydrogens (tertiary/aromatic N) is 4. The van der Waals surface area contributed by atoms with Gasteiger partial charge >= 0.3 is 6.03 Å². The average Bonchev–Trinajstić information content (AvgIpc) is 3.02. The van der Waals surface area contributed by atoms with Crippen LogP contribution in [0.3, 0.4) is 0 Å². The lowest BCUT2D eigenvalue weighted by molar-refractivity contribution is -0.141. The molecule has 0 unspecified atom stereocenters. The highest BCUT2D eigenvalue weighted by Crippen LogP contribution is 2.45. The third-order valence-electron chi connectivity index (χ3n) is 6.55. The number of pyridine rings is 1. The van der Waals surface area contributed by atoms with Crippen LogP contribution < -0.4 is 10.2 Å². The molecule has 7 heteroatoms.